The smallest absolute Gasteiger partial charge is 0.229 e. The average molecular weight is 403 g/mol. The second kappa shape index (κ2) is 7.51. The minimum atomic E-state index is 0.157. The number of thiazole rings is 1. The molecule has 0 bridgehead atoms. The predicted octanol–water partition coefficient (Wildman–Crippen LogP) is 5.60. The van der Waals surface area contributed by atoms with E-state index < -0.39 is 0 Å². The standard InChI is InChI=1S/C20H19ClN2OS2/c1-2-17-15-8-10-25-18(15)7-9-23(17)19(24)11-13-12-26-20(22-13)14-5-3-4-6-16(14)21/h3-6,8,10,12,17H,2,7,9,11H2,1H3. The van der Waals surface area contributed by atoms with Gasteiger partial charge >= 0.3 is 0 Å². The molecule has 6 heteroatoms. The molecule has 0 saturated heterocycles. The third-order valence-electron chi connectivity index (χ3n) is 4.79. The predicted molar refractivity (Wildman–Crippen MR) is 109 cm³/mol. The first-order valence-corrected chi connectivity index (χ1v) is 10.9. The van der Waals surface area contributed by atoms with Crippen LogP contribution in [-0.2, 0) is 17.6 Å². The van der Waals surface area contributed by atoms with Crippen molar-refractivity contribution in [3.05, 3.63) is 62.2 Å². The van der Waals surface area contributed by atoms with Crippen LogP contribution in [0.3, 0.4) is 0 Å². The van der Waals surface area contributed by atoms with Gasteiger partial charge in [-0.1, -0.05) is 36.7 Å². The summed E-state index contributed by atoms with van der Waals surface area (Å²) in [7, 11) is 0. The third kappa shape index (κ3) is 3.31. The highest BCUT2D eigenvalue weighted by Crippen LogP contribution is 2.36. The molecule has 2 aromatic heterocycles. The fourth-order valence-electron chi connectivity index (χ4n) is 3.54. The summed E-state index contributed by atoms with van der Waals surface area (Å²) in [6.45, 7) is 2.95. The second-order valence-electron chi connectivity index (χ2n) is 6.36. The van der Waals surface area contributed by atoms with Crippen molar-refractivity contribution >= 4 is 40.2 Å². The first-order valence-electron chi connectivity index (χ1n) is 8.72. The maximum Gasteiger partial charge on any atom is 0.229 e. The van der Waals surface area contributed by atoms with Gasteiger partial charge in [0.15, 0.2) is 0 Å². The first-order chi connectivity index (χ1) is 12.7. The Hall–Kier alpha value is -1.69. The van der Waals surface area contributed by atoms with E-state index in [1.54, 1.807) is 11.3 Å². The number of fused-ring (bicyclic) bond motifs is 1. The Morgan fingerprint density at radius 2 is 2.15 bits per heavy atom. The van der Waals surface area contributed by atoms with Crippen LogP contribution in [0.25, 0.3) is 10.6 Å². The number of benzene rings is 1. The summed E-state index contributed by atoms with van der Waals surface area (Å²) >= 11 is 9.60. The van der Waals surface area contributed by atoms with Gasteiger partial charge in [0.05, 0.1) is 23.2 Å². The normalized spacial score (nSPS) is 16.5. The maximum absolute atomic E-state index is 12.9. The van der Waals surface area contributed by atoms with Crippen LogP contribution >= 0.6 is 34.3 Å². The molecule has 1 amide bonds. The number of thiophene rings is 1. The minimum absolute atomic E-state index is 0.157. The number of carbonyl (C=O) groups is 1. The summed E-state index contributed by atoms with van der Waals surface area (Å²) in [5.74, 6) is 0.157. The minimum Gasteiger partial charge on any atom is -0.335 e. The topological polar surface area (TPSA) is 33.2 Å². The zero-order chi connectivity index (χ0) is 18.1. The molecule has 1 aliphatic rings. The molecule has 3 aromatic rings. The molecule has 0 saturated carbocycles. The van der Waals surface area contributed by atoms with E-state index in [9.17, 15) is 4.79 Å². The summed E-state index contributed by atoms with van der Waals surface area (Å²) < 4.78 is 0. The zero-order valence-corrected chi connectivity index (χ0v) is 16.8. The Bertz CT molecular complexity index is 933. The van der Waals surface area contributed by atoms with E-state index in [0.717, 1.165) is 35.7 Å². The number of nitrogens with zero attached hydrogens (tertiary/aromatic N) is 2. The van der Waals surface area contributed by atoms with Crippen molar-refractivity contribution in [1.29, 1.82) is 0 Å². The van der Waals surface area contributed by atoms with Crippen LogP contribution < -0.4 is 0 Å². The van der Waals surface area contributed by atoms with Crippen LogP contribution in [0.2, 0.25) is 5.02 Å². The van der Waals surface area contributed by atoms with Crippen LogP contribution in [0.5, 0.6) is 0 Å². The Morgan fingerprint density at radius 1 is 1.31 bits per heavy atom. The fraction of sp³-hybridized carbons (Fsp3) is 0.300. The molecular weight excluding hydrogens is 384 g/mol. The Balaban J connectivity index is 1.51. The largest absolute Gasteiger partial charge is 0.335 e. The highest BCUT2D eigenvalue weighted by atomic mass is 35.5. The van der Waals surface area contributed by atoms with Gasteiger partial charge in [0.25, 0.3) is 0 Å². The van der Waals surface area contributed by atoms with Crippen LogP contribution in [0.1, 0.15) is 35.5 Å². The third-order valence-corrected chi connectivity index (χ3v) is 7.04. The maximum atomic E-state index is 12.9. The summed E-state index contributed by atoms with van der Waals surface area (Å²) in [6, 6.07) is 10.0. The van der Waals surface area contributed by atoms with E-state index in [0.29, 0.717) is 11.4 Å². The lowest BCUT2D eigenvalue weighted by Gasteiger charge is -2.35. The van der Waals surface area contributed by atoms with Gasteiger partial charge in [-0.2, -0.15) is 0 Å². The molecule has 3 heterocycles. The summed E-state index contributed by atoms with van der Waals surface area (Å²) in [5.41, 5.74) is 3.07. The van der Waals surface area contributed by atoms with Gasteiger partial charge in [0.1, 0.15) is 5.01 Å². The molecule has 26 heavy (non-hydrogen) atoms. The highest BCUT2D eigenvalue weighted by molar-refractivity contribution is 7.13. The van der Waals surface area contributed by atoms with E-state index in [1.807, 2.05) is 34.5 Å². The van der Waals surface area contributed by atoms with Crippen molar-refractivity contribution in [3.63, 3.8) is 0 Å². The van der Waals surface area contributed by atoms with Gasteiger partial charge in [0.2, 0.25) is 5.91 Å². The summed E-state index contributed by atoms with van der Waals surface area (Å²) in [4.78, 5) is 21.1. The molecule has 1 atom stereocenters. The lowest BCUT2D eigenvalue weighted by molar-refractivity contribution is -0.133. The molecular formula is C20H19ClN2OS2. The number of rotatable bonds is 4. The summed E-state index contributed by atoms with van der Waals surface area (Å²) in [5, 5.41) is 5.66. The lowest BCUT2D eigenvalue weighted by Crippen LogP contribution is -2.40. The lowest BCUT2D eigenvalue weighted by atomic mass is 9.97. The van der Waals surface area contributed by atoms with E-state index in [4.69, 9.17) is 11.6 Å². The van der Waals surface area contributed by atoms with Crippen molar-refractivity contribution in [3.8, 4) is 10.6 Å². The van der Waals surface area contributed by atoms with Crippen LogP contribution in [0.4, 0.5) is 0 Å². The molecule has 0 N–H and O–H groups in total. The molecule has 0 radical (unpaired) electrons. The van der Waals surface area contributed by atoms with Gasteiger partial charge < -0.3 is 4.90 Å². The second-order valence-corrected chi connectivity index (χ2v) is 8.63. The number of carbonyl (C=O) groups excluding carboxylic acids is 1. The van der Waals surface area contributed by atoms with Crippen molar-refractivity contribution in [2.24, 2.45) is 0 Å². The van der Waals surface area contributed by atoms with Crippen LogP contribution in [0, 0.1) is 0 Å². The van der Waals surface area contributed by atoms with Crippen molar-refractivity contribution < 1.29 is 4.79 Å². The number of hydrogen-bond donors (Lipinski definition) is 0. The zero-order valence-electron chi connectivity index (χ0n) is 14.4. The van der Waals surface area contributed by atoms with Gasteiger partial charge in [-0.25, -0.2) is 4.98 Å². The molecule has 1 aliphatic heterocycles. The van der Waals surface area contributed by atoms with Crippen molar-refractivity contribution in [1.82, 2.24) is 9.88 Å². The molecule has 4 rings (SSSR count). The first kappa shape index (κ1) is 17.7. The molecule has 3 nitrogen and oxygen atoms in total. The molecule has 0 spiro atoms. The van der Waals surface area contributed by atoms with E-state index >= 15 is 0 Å². The highest BCUT2D eigenvalue weighted by Gasteiger charge is 2.30. The van der Waals surface area contributed by atoms with Crippen LogP contribution in [-0.4, -0.2) is 22.3 Å². The number of amides is 1. The SMILES string of the molecule is CCC1c2ccsc2CCN1C(=O)Cc1csc(-c2ccccc2Cl)n1. The quantitative estimate of drug-likeness (QED) is 0.568. The van der Waals surface area contributed by atoms with E-state index in [-0.39, 0.29) is 11.9 Å². The Kier molecular flexibility index (Phi) is 5.11. The van der Waals surface area contributed by atoms with Crippen LogP contribution in [0.15, 0.2) is 41.1 Å². The van der Waals surface area contributed by atoms with Crippen molar-refractivity contribution in [2.45, 2.75) is 32.2 Å². The fourth-order valence-corrected chi connectivity index (χ4v) is 5.61. The molecule has 0 aliphatic carbocycles. The molecule has 1 aromatic carbocycles. The number of aromatic nitrogens is 1. The van der Waals surface area contributed by atoms with Gasteiger partial charge in [-0.15, -0.1) is 22.7 Å². The molecule has 0 fully saturated rings. The van der Waals surface area contributed by atoms with E-state index in [2.05, 4.69) is 23.4 Å². The Labute approximate surface area is 166 Å². The molecule has 134 valence electrons. The van der Waals surface area contributed by atoms with Gasteiger partial charge in [0, 0.05) is 22.4 Å². The van der Waals surface area contributed by atoms with Crippen molar-refractivity contribution in [2.75, 3.05) is 6.54 Å². The van der Waals surface area contributed by atoms with Gasteiger partial charge in [-0.3, -0.25) is 4.79 Å². The molecule has 1 unspecified atom stereocenters. The number of hydrogen-bond acceptors (Lipinski definition) is 4. The Morgan fingerprint density at radius 3 is 2.96 bits per heavy atom. The monoisotopic (exact) mass is 402 g/mol. The number of halogens is 1. The van der Waals surface area contributed by atoms with Gasteiger partial charge in [-0.05, 0) is 35.9 Å². The average Bonchev–Trinajstić information content (AvgIpc) is 3.30. The van der Waals surface area contributed by atoms with E-state index in [1.165, 1.54) is 21.8 Å². The summed E-state index contributed by atoms with van der Waals surface area (Å²) in [6.07, 6.45) is 2.24.